The van der Waals surface area contributed by atoms with Crippen LogP contribution in [0.25, 0.3) is 0 Å². The van der Waals surface area contributed by atoms with Gasteiger partial charge in [0.1, 0.15) is 0 Å². The van der Waals surface area contributed by atoms with Crippen LogP contribution in [0.2, 0.25) is 0 Å². The van der Waals surface area contributed by atoms with E-state index in [0.717, 1.165) is 11.8 Å². The van der Waals surface area contributed by atoms with E-state index < -0.39 is 0 Å². The summed E-state index contributed by atoms with van der Waals surface area (Å²) in [4.78, 5) is 0. The van der Waals surface area contributed by atoms with Crippen molar-refractivity contribution >= 4 is 0 Å². The summed E-state index contributed by atoms with van der Waals surface area (Å²) in [6.07, 6.45) is 12.4. The van der Waals surface area contributed by atoms with Crippen molar-refractivity contribution in [3.8, 4) is 0 Å². The summed E-state index contributed by atoms with van der Waals surface area (Å²) in [5, 5.41) is 0. The van der Waals surface area contributed by atoms with Crippen LogP contribution >= 0.6 is 0 Å². The van der Waals surface area contributed by atoms with E-state index in [1.807, 2.05) is 0 Å². The van der Waals surface area contributed by atoms with E-state index in [2.05, 4.69) is 26.0 Å². The van der Waals surface area contributed by atoms with Crippen LogP contribution in [0.1, 0.15) is 52.4 Å². The lowest BCUT2D eigenvalue weighted by Crippen LogP contribution is -2.08. The van der Waals surface area contributed by atoms with Crippen LogP contribution in [0.15, 0.2) is 12.2 Å². The van der Waals surface area contributed by atoms with Crippen LogP contribution in [0.5, 0.6) is 0 Å². The molecule has 0 amide bonds. The lowest BCUT2D eigenvalue weighted by atomic mass is 9.98. The average molecular weight is 195 g/mol. The Morgan fingerprint density at radius 3 is 2.57 bits per heavy atom. The number of hydrogen-bond donors (Lipinski definition) is 1. The number of rotatable bonds is 7. The molecule has 1 aliphatic rings. The molecular weight excluding hydrogens is 170 g/mol. The predicted molar refractivity (Wildman–Crippen MR) is 63.1 cm³/mol. The molecule has 1 aliphatic carbocycles. The molecule has 2 N–H and O–H groups in total. The number of hydrogen-bond acceptors (Lipinski definition) is 1. The van der Waals surface area contributed by atoms with E-state index in [9.17, 15) is 0 Å². The van der Waals surface area contributed by atoms with Gasteiger partial charge in [0.2, 0.25) is 0 Å². The first-order chi connectivity index (χ1) is 6.75. The van der Waals surface area contributed by atoms with Gasteiger partial charge in [-0.3, -0.25) is 0 Å². The Balaban J connectivity index is 1.93. The molecule has 1 nitrogen and oxygen atoms in total. The van der Waals surface area contributed by atoms with Gasteiger partial charge in [0.25, 0.3) is 0 Å². The number of nitrogens with two attached hydrogens (primary N) is 1. The van der Waals surface area contributed by atoms with Gasteiger partial charge in [0, 0.05) is 6.04 Å². The molecule has 0 aromatic heterocycles. The third-order valence-electron chi connectivity index (χ3n) is 3.27. The largest absolute Gasteiger partial charge is 0.327 e. The van der Waals surface area contributed by atoms with Crippen molar-refractivity contribution in [2.45, 2.75) is 58.4 Å². The fraction of sp³-hybridized carbons (Fsp3) is 0.846. The van der Waals surface area contributed by atoms with Gasteiger partial charge in [-0.15, -0.1) is 0 Å². The molecule has 0 aliphatic heterocycles. The highest BCUT2D eigenvalue weighted by Gasteiger charge is 2.37. The lowest BCUT2D eigenvalue weighted by molar-refractivity contribution is 0.447. The maximum atomic E-state index is 5.82. The molecule has 1 saturated carbocycles. The molecule has 1 rings (SSSR count). The maximum Gasteiger partial charge on any atom is 0.00736 e. The third kappa shape index (κ3) is 4.28. The van der Waals surface area contributed by atoms with Crippen LogP contribution in [-0.4, -0.2) is 6.04 Å². The first-order valence-electron chi connectivity index (χ1n) is 6.16. The zero-order valence-corrected chi connectivity index (χ0v) is 9.71. The minimum Gasteiger partial charge on any atom is -0.327 e. The minimum absolute atomic E-state index is 0.528. The number of unbranched alkanes of at least 4 members (excludes halogenated alkanes) is 2. The van der Waals surface area contributed by atoms with Crippen LogP contribution in [0, 0.1) is 11.8 Å². The Bertz CT molecular complexity index is 174. The van der Waals surface area contributed by atoms with Crippen molar-refractivity contribution in [2.24, 2.45) is 17.6 Å². The zero-order valence-electron chi connectivity index (χ0n) is 9.71. The van der Waals surface area contributed by atoms with Crippen molar-refractivity contribution in [3.05, 3.63) is 12.2 Å². The van der Waals surface area contributed by atoms with Crippen LogP contribution in [0.4, 0.5) is 0 Å². The van der Waals surface area contributed by atoms with E-state index in [1.54, 1.807) is 0 Å². The summed E-state index contributed by atoms with van der Waals surface area (Å²) in [5.74, 6) is 1.69. The van der Waals surface area contributed by atoms with Gasteiger partial charge in [0.05, 0.1) is 0 Å². The summed E-state index contributed by atoms with van der Waals surface area (Å²) in [7, 11) is 0. The Kier molecular flexibility index (Phi) is 5.24. The zero-order chi connectivity index (χ0) is 10.4. The molecule has 3 atom stereocenters. The van der Waals surface area contributed by atoms with E-state index >= 15 is 0 Å². The van der Waals surface area contributed by atoms with Crippen LogP contribution in [0.3, 0.4) is 0 Å². The molecule has 1 fully saturated rings. The fourth-order valence-corrected chi connectivity index (χ4v) is 2.06. The number of allylic oxidation sites excluding steroid dienone is 2. The molecule has 0 spiro atoms. The molecule has 14 heavy (non-hydrogen) atoms. The van der Waals surface area contributed by atoms with Crippen molar-refractivity contribution in [2.75, 3.05) is 0 Å². The van der Waals surface area contributed by atoms with Crippen molar-refractivity contribution in [1.29, 1.82) is 0 Å². The summed E-state index contributed by atoms with van der Waals surface area (Å²) >= 11 is 0. The van der Waals surface area contributed by atoms with E-state index in [0.29, 0.717) is 6.04 Å². The molecule has 0 aromatic carbocycles. The summed E-state index contributed by atoms with van der Waals surface area (Å²) in [6.45, 7) is 4.58. The van der Waals surface area contributed by atoms with E-state index in [-0.39, 0.29) is 0 Å². The smallest absolute Gasteiger partial charge is 0.00736 e. The second-order valence-electron chi connectivity index (χ2n) is 4.73. The molecule has 0 aromatic rings. The van der Waals surface area contributed by atoms with Gasteiger partial charge in [-0.1, -0.05) is 38.8 Å². The highest BCUT2D eigenvalue weighted by molar-refractivity contribution is 4.93. The molecule has 0 saturated heterocycles. The maximum absolute atomic E-state index is 5.82. The Labute approximate surface area is 88.8 Å². The topological polar surface area (TPSA) is 26.0 Å². The van der Waals surface area contributed by atoms with Crippen molar-refractivity contribution in [1.82, 2.24) is 0 Å². The Hall–Kier alpha value is -0.300. The molecule has 82 valence electrons. The average Bonchev–Trinajstić information content (AvgIpc) is 2.88. The second-order valence-corrected chi connectivity index (χ2v) is 4.73. The second kappa shape index (κ2) is 6.23. The summed E-state index contributed by atoms with van der Waals surface area (Å²) in [6, 6.07) is 0.528. The summed E-state index contributed by atoms with van der Waals surface area (Å²) < 4.78 is 0. The minimum atomic E-state index is 0.528. The lowest BCUT2D eigenvalue weighted by Gasteiger charge is -2.08. The highest BCUT2D eigenvalue weighted by Crippen LogP contribution is 2.37. The normalized spacial score (nSPS) is 28.2. The van der Waals surface area contributed by atoms with Crippen molar-refractivity contribution in [3.63, 3.8) is 0 Å². The monoisotopic (exact) mass is 195 g/mol. The van der Waals surface area contributed by atoms with Gasteiger partial charge in [-0.2, -0.15) is 0 Å². The molecule has 1 heteroatoms. The molecule has 3 unspecified atom stereocenters. The molecule has 0 heterocycles. The standard InChI is InChI=1S/C13H25N/c1-3-4-5-6-7-8-9-11(2)12-10-13(12)14/h5-6,11-13H,3-4,7-10,14H2,1-2H3. The Morgan fingerprint density at radius 1 is 1.36 bits per heavy atom. The van der Waals surface area contributed by atoms with Gasteiger partial charge in [-0.25, -0.2) is 0 Å². The van der Waals surface area contributed by atoms with E-state index in [1.165, 1.54) is 38.5 Å². The van der Waals surface area contributed by atoms with E-state index in [4.69, 9.17) is 5.73 Å². The summed E-state index contributed by atoms with van der Waals surface area (Å²) in [5.41, 5.74) is 5.82. The molecular formula is C13H25N. The quantitative estimate of drug-likeness (QED) is 0.488. The fourth-order valence-electron chi connectivity index (χ4n) is 2.06. The first-order valence-corrected chi connectivity index (χ1v) is 6.16. The first kappa shape index (κ1) is 11.8. The SMILES string of the molecule is CCCC=CCCCC(C)C1CC1N. The van der Waals surface area contributed by atoms with Gasteiger partial charge >= 0.3 is 0 Å². The van der Waals surface area contributed by atoms with Gasteiger partial charge in [-0.05, 0) is 37.5 Å². The van der Waals surface area contributed by atoms with Crippen LogP contribution < -0.4 is 5.73 Å². The van der Waals surface area contributed by atoms with Gasteiger partial charge in [0.15, 0.2) is 0 Å². The molecule has 0 bridgehead atoms. The highest BCUT2D eigenvalue weighted by atomic mass is 14.7. The van der Waals surface area contributed by atoms with Crippen molar-refractivity contribution < 1.29 is 0 Å². The Morgan fingerprint density at radius 2 is 2.00 bits per heavy atom. The van der Waals surface area contributed by atoms with Gasteiger partial charge < -0.3 is 5.73 Å². The third-order valence-corrected chi connectivity index (χ3v) is 3.27. The predicted octanol–water partition coefficient (Wildman–Crippen LogP) is 3.50. The van der Waals surface area contributed by atoms with Crippen LogP contribution in [-0.2, 0) is 0 Å². The molecule has 0 radical (unpaired) electrons.